The van der Waals surface area contributed by atoms with E-state index in [1.54, 1.807) is 12.0 Å². The molecule has 0 spiro atoms. The molecule has 0 bridgehead atoms. The van der Waals surface area contributed by atoms with Crippen LogP contribution < -0.4 is 10.1 Å². The summed E-state index contributed by atoms with van der Waals surface area (Å²) in [5.74, 6) is 0.537. The Hall–Kier alpha value is -1.79. The maximum atomic E-state index is 13.0. The van der Waals surface area contributed by atoms with E-state index in [1.165, 1.54) is 0 Å². The van der Waals surface area contributed by atoms with Crippen molar-refractivity contribution >= 4 is 24.2 Å². The molecule has 2 amide bonds. The predicted molar refractivity (Wildman–Crippen MR) is 109 cm³/mol. The Labute approximate surface area is 168 Å². The maximum Gasteiger partial charge on any atom is 0.228 e. The summed E-state index contributed by atoms with van der Waals surface area (Å²) in [6, 6.07) is 7.51. The number of hydrogen-bond acceptors (Lipinski definition) is 4. The van der Waals surface area contributed by atoms with Gasteiger partial charge in [-0.3, -0.25) is 9.59 Å². The van der Waals surface area contributed by atoms with Crippen LogP contribution in [0.25, 0.3) is 0 Å². The summed E-state index contributed by atoms with van der Waals surface area (Å²) in [4.78, 5) is 29.3. The Morgan fingerprint density at radius 1 is 1.33 bits per heavy atom. The second-order valence-electron chi connectivity index (χ2n) is 6.83. The number of nitrogens with one attached hydrogen (secondary N) is 1. The standard InChI is InChI=1S/C20H31N3O3.ClH/c1-5-6-12-23-18(24)14-17(20(25)22(3)13-11-21-2)19(23)15-7-9-16(26-4)10-8-15;/h7-10,17,19,21H,5-6,11-14H2,1-4H3;1H. The highest BCUT2D eigenvalue weighted by atomic mass is 35.5. The van der Waals surface area contributed by atoms with Crippen LogP contribution in [-0.2, 0) is 9.59 Å². The molecule has 0 aromatic heterocycles. The van der Waals surface area contributed by atoms with Crippen molar-refractivity contribution in [3.8, 4) is 5.75 Å². The first-order valence-electron chi connectivity index (χ1n) is 9.36. The molecule has 1 N–H and O–H groups in total. The largest absolute Gasteiger partial charge is 0.497 e. The van der Waals surface area contributed by atoms with E-state index in [2.05, 4.69) is 12.2 Å². The number of rotatable bonds is 9. The van der Waals surface area contributed by atoms with Gasteiger partial charge in [0, 0.05) is 33.1 Å². The zero-order valence-corrected chi connectivity index (χ0v) is 17.6. The Kier molecular flexibility index (Phi) is 9.60. The fourth-order valence-corrected chi connectivity index (χ4v) is 3.49. The minimum Gasteiger partial charge on any atom is -0.497 e. The van der Waals surface area contributed by atoms with Crippen molar-refractivity contribution in [3.63, 3.8) is 0 Å². The normalized spacial score (nSPS) is 19.0. The molecule has 27 heavy (non-hydrogen) atoms. The number of benzene rings is 1. The molecule has 152 valence electrons. The van der Waals surface area contributed by atoms with E-state index in [4.69, 9.17) is 4.74 Å². The van der Waals surface area contributed by atoms with Gasteiger partial charge in [-0.05, 0) is 31.2 Å². The molecule has 1 aliphatic rings. The zero-order valence-electron chi connectivity index (χ0n) is 16.7. The Bertz CT molecular complexity index is 609. The van der Waals surface area contributed by atoms with Crippen molar-refractivity contribution in [2.75, 3.05) is 40.8 Å². The number of nitrogens with zero attached hydrogens (tertiary/aromatic N) is 2. The van der Waals surface area contributed by atoms with Crippen LogP contribution in [0, 0.1) is 5.92 Å². The van der Waals surface area contributed by atoms with Gasteiger partial charge < -0.3 is 19.9 Å². The molecule has 2 rings (SSSR count). The van der Waals surface area contributed by atoms with Gasteiger partial charge in [0.1, 0.15) is 5.75 Å². The molecular formula is C20H32ClN3O3. The summed E-state index contributed by atoms with van der Waals surface area (Å²) >= 11 is 0. The molecular weight excluding hydrogens is 366 g/mol. The molecule has 1 saturated heterocycles. The Balaban J connectivity index is 0.00000364. The van der Waals surface area contributed by atoms with Gasteiger partial charge in [0.15, 0.2) is 0 Å². The summed E-state index contributed by atoms with van der Waals surface area (Å²) in [7, 11) is 5.30. The number of amides is 2. The minimum atomic E-state index is -0.338. The molecule has 0 aliphatic carbocycles. The molecule has 2 atom stereocenters. The van der Waals surface area contributed by atoms with Gasteiger partial charge in [0.2, 0.25) is 11.8 Å². The summed E-state index contributed by atoms with van der Waals surface area (Å²) < 4.78 is 5.24. The van der Waals surface area contributed by atoms with Gasteiger partial charge in [-0.25, -0.2) is 0 Å². The number of likely N-dealkylation sites (tertiary alicyclic amines) is 1. The highest BCUT2D eigenvalue weighted by Crippen LogP contribution is 2.39. The van der Waals surface area contributed by atoms with Crippen LogP contribution in [0.5, 0.6) is 5.75 Å². The fraction of sp³-hybridized carbons (Fsp3) is 0.600. The van der Waals surface area contributed by atoms with Gasteiger partial charge in [-0.15, -0.1) is 12.4 Å². The summed E-state index contributed by atoms with van der Waals surface area (Å²) in [5, 5.41) is 3.06. The van der Waals surface area contributed by atoms with E-state index < -0.39 is 0 Å². The van der Waals surface area contributed by atoms with E-state index in [1.807, 2.05) is 43.3 Å². The van der Waals surface area contributed by atoms with Gasteiger partial charge in [0.25, 0.3) is 0 Å². The summed E-state index contributed by atoms with van der Waals surface area (Å²) in [5.41, 5.74) is 0.994. The Morgan fingerprint density at radius 2 is 2.00 bits per heavy atom. The third-order valence-corrected chi connectivity index (χ3v) is 5.03. The number of carbonyl (C=O) groups excluding carboxylic acids is 2. The molecule has 1 heterocycles. The number of methoxy groups -OCH3 is 1. The lowest BCUT2D eigenvalue weighted by molar-refractivity contribution is -0.135. The van der Waals surface area contributed by atoms with E-state index in [0.717, 1.165) is 30.7 Å². The van der Waals surface area contributed by atoms with Crippen LogP contribution in [0.4, 0.5) is 0 Å². The van der Waals surface area contributed by atoms with Crippen LogP contribution in [0.2, 0.25) is 0 Å². The molecule has 7 heteroatoms. The number of carbonyl (C=O) groups is 2. The van der Waals surface area contributed by atoms with Crippen LogP contribution in [0.3, 0.4) is 0 Å². The average molecular weight is 398 g/mol. The van der Waals surface area contributed by atoms with Crippen molar-refractivity contribution in [3.05, 3.63) is 29.8 Å². The van der Waals surface area contributed by atoms with Crippen molar-refractivity contribution in [1.29, 1.82) is 0 Å². The van der Waals surface area contributed by atoms with Gasteiger partial charge in [0.05, 0.1) is 19.1 Å². The van der Waals surface area contributed by atoms with Gasteiger partial charge in [-0.1, -0.05) is 25.5 Å². The first-order chi connectivity index (χ1) is 12.5. The molecule has 1 fully saturated rings. The third kappa shape index (κ3) is 5.59. The monoisotopic (exact) mass is 397 g/mol. The third-order valence-electron chi connectivity index (χ3n) is 5.03. The second-order valence-corrected chi connectivity index (χ2v) is 6.83. The predicted octanol–water partition coefficient (Wildman–Crippen LogP) is 2.48. The number of halogens is 1. The van der Waals surface area contributed by atoms with E-state index in [-0.39, 0.29) is 42.6 Å². The molecule has 1 aromatic rings. The fourth-order valence-electron chi connectivity index (χ4n) is 3.49. The highest BCUT2D eigenvalue weighted by Gasteiger charge is 2.44. The van der Waals surface area contributed by atoms with Crippen molar-refractivity contribution < 1.29 is 14.3 Å². The zero-order chi connectivity index (χ0) is 19.1. The second kappa shape index (κ2) is 11.1. The molecule has 6 nitrogen and oxygen atoms in total. The molecule has 0 radical (unpaired) electrons. The molecule has 1 aliphatic heterocycles. The van der Waals surface area contributed by atoms with Gasteiger partial charge >= 0.3 is 0 Å². The van der Waals surface area contributed by atoms with Crippen LogP contribution in [-0.4, -0.2) is 62.5 Å². The van der Waals surface area contributed by atoms with Gasteiger partial charge in [-0.2, -0.15) is 0 Å². The summed E-state index contributed by atoms with van der Waals surface area (Å²) in [6.45, 7) is 4.16. The lowest BCUT2D eigenvalue weighted by atomic mass is 9.92. The number of ether oxygens (including phenoxy) is 1. The van der Waals surface area contributed by atoms with Crippen LogP contribution >= 0.6 is 12.4 Å². The van der Waals surface area contributed by atoms with Crippen molar-refractivity contribution in [1.82, 2.24) is 15.1 Å². The minimum absolute atomic E-state index is 0. The lowest BCUT2D eigenvalue weighted by Gasteiger charge is -2.30. The number of hydrogen-bond donors (Lipinski definition) is 1. The number of unbranched alkanes of at least 4 members (excludes halogenated alkanes) is 1. The lowest BCUT2D eigenvalue weighted by Crippen LogP contribution is -2.39. The Morgan fingerprint density at radius 3 is 2.56 bits per heavy atom. The van der Waals surface area contributed by atoms with E-state index in [0.29, 0.717) is 13.1 Å². The van der Waals surface area contributed by atoms with E-state index in [9.17, 15) is 9.59 Å². The first kappa shape index (κ1) is 23.2. The highest BCUT2D eigenvalue weighted by molar-refractivity contribution is 5.90. The number of likely N-dealkylation sites (N-methyl/N-ethyl adjacent to an activating group) is 2. The smallest absolute Gasteiger partial charge is 0.228 e. The van der Waals surface area contributed by atoms with Crippen molar-refractivity contribution in [2.24, 2.45) is 5.92 Å². The molecule has 1 aromatic carbocycles. The summed E-state index contributed by atoms with van der Waals surface area (Å²) in [6.07, 6.45) is 2.23. The van der Waals surface area contributed by atoms with E-state index >= 15 is 0 Å². The maximum absolute atomic E-state index is 13.0. The van der Waals surface area contributed by atoms with Crippen LogP contribution in [0.15, 0.2) is 24.3 Å². The first-order valence-corrected chi connectivity index (χ1v) is 9.36. The topological polar surface area (TPSA) is 61.9 Å². The van der Waals surface area contributed by atoms with Crippen molar-refractivity contribution in [2.45, 2.75) is 32.2 Å². The SMILES string of the molecule is CCCCN1C(=O)CC(C(=O)N(C)CCNC)C1c1ccc(OC)cc1.Cl. The quantitative estimate of drug-likeness (QED) is 0.695. The average Bonchev–Trinajstić information content (AvgIpc) is 2.99. The molecule has 0 saturated carbocycles. The van der Waals surface area contributed by atoms with Crippen LogP contribution in [0.1, 0.15) is 37.8 Å². The molecule has 2 unspecified atom stereocenters.